The second-order valence-corrected chi connectivity index (χ2v) is 6.11. The van der Waals surface area contributed by atoms with Crippen molar-refractivity contribution in [1.82, 2.24) is 24.6 Å². The molecule has 0 N–H and O–H groups in total. The second kappa shape index (κ2) is 5.82. The van der Waals surface area contributed by atoms with Crippen LogP contribution in [0, 0.1) is 5.82 Å². The van der Waals surface area contributed by atoms with Crippen molar-refractivity contribution in [1.29, 1.82) is 0 Å². The molecule has 128 valence electrons. The summed E-state index contributed by atoms with van der Waals surface area (Å²) < 4.78 is 21.0. The molecule has 10 heteroatoms. The standard InChI is InChI=1S/C15H10Cl2FN5O2/c1-22-5-9-13(14-21-20-10(4-16)25-14)19-6-23(9)8-3-2-7(18)12(17)11(8)15(22)24/h2-3,6H,4-5H2,1H3. The first-order valence-electron chi connectivity index (χ1n) is 7.20. The number of alkyl halides is 1. The maximum atomic E-state index is 13.9. The molecule has 1 aliphatic rings. The van der Waals surface area contributed by atoms with Crippen LogP contribution in [0.5, 0.6) is 0 Å². The average molecular weight is 382 g/mol. The summed E-state index contributed by atoms with van der Waals surface area (Å²) in [4.78, 5) is 18.4. The fourth-order valence-electron chi connectivity index (χ4n) is 2.75. The zero-order valence-electron chi connectivity index (χ0n) is 12.8. The van der Waals surface area contributed by atoms with Crippen LogP contribution in [0.4, 0.5) is 4.39 Å². The van der Waals surface area contributed by atoms with E-state index in [9.17, 15) is 9.18 Å². The third-order valence-corrected chi connectivity index (χ3v) is 4.53. The predicted octanol–water partition coefficient (Wildman–Crippen LogP) is 3.04. The van der Waals surface area contributed by atoms with Gasteiger partial charge in [-0.1, -0.05) is 11.6 Å². The Kier molecular flexibility index (Phi) is 3.73. The average Bonchev–Trinajstić information content (AvgIpc) is 3.21. The minimum atomic E-state index is -0.658. The summed E-state index contributed by atoms with van der Waals surface area (Å²) in [5, 5.41) is 7.53. The number of carbonyl (C=O) groups is 1. The maximum Gasteiger partial charge on any atom is 0.268 e. The number of halogens is 3. The molecule has 0 aliphatic carbocycles. The van der Waals surface area contributed by atoms with Gasteiger partial charge in [0.25, 0.3) is 11.8 Å². The van der Waals surface area contributed by atoms with Gasteiger partial charge in [0.1, 0.15) is 18.0 Å². The largest absolute Gasteiger partial charge is 0.418 e. The molecule has 0 atom stereocenters. The lowest BCUT2D eigenvalue weighted by Crippen LogP contribution is -2.25. The number of fused-ring (bicyclic) bond motifs is 3. The third-order valence-electron chi connectivity index (χ3n) is 3.93. The molecule has 0 saturated carbocycles. The Morgan fingerprint density at radius 2 is 2.16 bits per heavy atom. The summed E-state index contributed by atoms with van der Waals surface area (Å²) in [5.41, 5.74) is 1.59. The molecule has 0 bridgehead atoms. The summed E-state index contributed by atoms with van der Waals surface area (Å²) in [7, 11) is 1.60. The van der Waals surface area contributed by atoms with Gasteiger partial charge in [-0.15, -0.1) is 21.8 Å². The summed E-state index contributed by atoms with van der Waals surface area (Å²) in [6, 6.07) is 2.70. The molecule has 25 heavy (non-hydrogen) atoms. The number of amides is 1. The second-order valence-electron chi connectivity index (χ2n) is 5.46. The minimum Gasteiger partial charge on any atom is -0.418 e. The molecule has 1 aliphatic heterocycles. The lowest BCUT2D eigenvalue weighted by Gasteiger charge is -2.15. The molecular weight excluding hydrogens is 372 g/mol. The minimum absolute atomic E-state index is 0.0823. The molecule has 7 nitrogen and oxygen atoms in total. The number of aromatic nitrogens is 4. The van der Waals surface area contributed by atoms with Gasteiger partial charge >= 0.3 is 0 Å². The van der Waals surface area contributed by atoms with Crippen LogP contribution in [-0.4, -0.2) is 37.6 Å². The monoisotopic (exact) mass is 381 g/mol. The van der Waals surface area contributed by atoms with Gasteiger partial charge in [0.05, 0.1) is 28.5 Å². The molecule has 2 aromatic heterocycles. The Labute approximate surface area is 151 Å². The smallest absolute Gasteiger partial charge is 0.268 e. The first-order chi connectivity index (χ1) is 12.0. The van der Waals surface area contributed by atoms with E-state index in [1.165, 1.54) is 23.4 Å². The number of hydrogen-bond donors (Lipinski definition) is 0. The number of nitrogens with zero attached hydrogens (tertiary/aromatic N) is 5. The van der Waals surface area contributed by atoms with E-state index in [0.717, 1.165) is 0 Å². The zero-order valence-corrected chi connectivity index (χ0v) is 14.3. The maximum absolute atomic E-state index is 13.9. The Balaban J connectivity index is 1.95. The van der Waals surface area contributed by atoms with Crippen LogP contribution in [-0.2, 0) is 12.4 Å². The van der Waals surface area contributed by atoms with Gasteiger partial charge < -0.3 is 9.32 Å². The molecule has 3 heterocycles. The van der Waals surface area contributed by atoms with Gasteiger partial charge in [-0.25, -0.2) is 9.37 Å². The zero-order chi connectivity index (χ0) is 17.7. The van der Waals surface area contributed by atoms with E-state index in [-0.39, 0.29) is 40.7 Å². The highest BCUT2D eigenvalue weighted by Crippen LogP contribution is 2.34. The van der Waals surface area contributed by atoms with E-state index in [0.29, 0.717) is 17.1 Å². The van der Waals surface area contributed by atoms with E-state index >= 15 is 0 Å². The van der Waals surface area contributed by atoms with Gasteiger partial charge in [-0.2, -0.15) is 0 Å². The molecular formula is C15H10Cl2FN5O2. The Morgan fingerprint density at radius 1 is 1.36 bits per heavy atom. The van der Waals surface area contributed by atoms with Gasteiger partial charge in [0, 0.05) is 7.05 Å². The van der Waals surface area contributed by atoms with Crippen LogP contribution in [0.25, 0.3) is 17.3 Å². The summed E-state index contributed by atoms with van der Waals surface area (Å²) in [6.07, 6.45) is 1.51. The molecule has 1 aromatic carbocycles. The predicted molar refractivity (Wildman–Crippen MR) is 87.2 cm³/mol. The van der Waals surface area contributed by atoms with Crippen LogP contribution in [0.15, 0.2) is 22.9 Å². The molecule has 0 spiro atoms. The molecule has 0 fully saturated rings. The summed E-state index contributed by atoms with van der Waals surface area (Å²) >= 11 is 11.7. The Morgan fingerprint density at radius 3 is 2.88 bits per heavy atom. The van der Waals surface area contributed by atoms with E-state index in [4.69, 9.17) is 27.6 Å². The van der Waals surface area contributed by atoms with E-state index in [2.05, 4.69) is 15.2 Å². The van der Waals surface area contributed by atoms with Crippen molar-refractivity contribution in [3.05, 3.63) is 46.4 Å². The first-order valence-corrected chi connectivity index (χ1v) is 8.11. The van der Waals surface area contributed by atoms with Crippen molar-refractivity contribution < 1.29 is 13.6 Å². The molecule has 0 saturated heterocycles. The van der Waals surface area contributed by atoms with Crippen LogP contribution in [0.1, 0.15) is 21.9 Å². The summed E-state index contributed by atoms with van der Waals surface area (Å²) in [5.74, 6) is -0.501. The number of imidazole rings is 1. The Hall–Kier alpha value is -2.45. The molecule has 4 rings (SSSR count). The van der Waals surface area contributed by atoms with Gasteiger partial charge in [0.2, 0.25) is 5.89 Å². The van der Waals surface area contributed by atoms with E-state index in [1.54, 1.807) is 11.6 Å². The van der Waals surface area contributed by atoms with E-state index < -0.39 is 5.82 Å². The fourth-order valence-corrected chi connectivity index (χ4v) is 3.09. The van der Waals surface area contributed by atoms with Crippen LogP contribution in [0.2, 0.25) is 5.02 Å². The number of carbonyl (C=O) groups excluding carboxylic acids is 1. The third kappa shape index (κ3) is 2.40. The highest BCUT2D eigenvalue weighted by Gasteiger charge is 2.31. The topological polar surface area (TPSA) is 77.1 Å². The van der Waals surface area contributed by atoms with Crippen molar-refractivity contribution in [2.45, 2.75) is 12.4 Å². The van der Waals surface area contributed by atoms with Crippen molar-refractivity contribution in [2.75, 3.05) is 7.05 Å². The first kappa shape index (κ1) is 16.0. The van der Waals surface area contributed by atoms with Crippen molar-refractivity contribution in [3.63, 3.8) is 0 Å². The number of rotatable bonds is 2. The Bertz CT molecular complexity index is 1000. The lowest BCUT2D eigenvalue weighted by molar-refractivity contribution is 0.0788. The van der Waals surface area contributed by atoms with Gasteiger partial charge in [-0.3, -0.25) is 9.36 Å². The molecule has 1 amide bonds. The van der Waals surface area contributed by atoms with Crippen molar-refractivity contribution >= 4 is 29.1 Å². The van der Waals surface area contributed by atoms with Gasteiger partial charge in [0.15, 0.2) is 5.69 Å². The molecule has 0 radical (unpaired) electrons. The SMILES string of the molecule is CN1Cc2c(-c3nnc(CCl)o3)ncn2-c2ccc(F)c(Cl)c2C1=O. The summed E-state index contributed by atoms with van der Waals surface area (Å²) in [6.45, 7) is 0.208. The highest BCUT2D eigenvalue weighted by atomic mass is 35.5. The highest BCUT2D eigenvalue weighted by molar-refractivity contribution is 6.34. The van der Waals surface area contributed by atoms with Crippen molar-refractivity contribution in [3.8, 4) is 17.3 Å². The lowest BCUT2D eigenvalue weighted by atomic mass is 10.1. The van der Waals surface area contributed by atoms with Crippen LogP contribution in [0.3, 0.4) is 0 Å². The quantitative estimate of drug-likeness (QED) is 0.637. The normalized spacial score (nSPS) is 13.6. The molecule has 3 aromatic rings. The number of hydrogen-bond acceptors (Lipinski definition) is 5. The number of benzene rings is 1. The van der Waals surface area contributed by atoms with Crippen LogP contribution < -0.4 is 0 Å². The van der Waals surface area contributed by atoms with Gasteiger partial charge in [-0.05, 0) is 12.1 Å². The van der Waals surface area contributed by atoms with Crippen molar-refractivity contribution in [2.24, 2.45) is 0 Å². The van der Waals surface area contributed by atoms with Crippen LogP contribution >= 0.6 is 23.2 Å². The van der Waals surface area contributed by atoms with E-state index in [1.807, 2.05) is 0 Å². The fraction of sp³-hybridized carbons (Fsp3) is 0.200. The molecule has 0 unspecified atom stereocenters.